The maximum Gasteiger partial charge on any atom is 0.127 e. The van der Waals surface area contributed by atoms with Gasteiger partial charge >= 0.3 is 0 Å². The first-order valence-corrected chi connectivity index (χ1v) is 6.57. The van der Waals surface area contributed by atoms with Gasteiger partial charge in [-0.2, -0.15) is 5.10 Å². The molecular weight excluding hydrogens is 254 g/mol. The van der Waals surface area contributed by atoms with E-state index in [9.17, 15) is 0 Å². The zero-order chi connectivity index (χ0) is 14.5. The zero-order valence-electron chi connectivity index (χ0n) is 12.4. The van der Waals surface area contributed by atoms with Gasteiger partial charge < -0.3 is 14.8 Å². The molecule has 0 saturated heterocycles. The standard InChI is InChI=1S/C15H21N3O2/c1-11-7-8-18(17-11)10-14(16-2)13-6-5-12(19-3)9-15(13)20-4/h5-9,14,16H,10H2,1-4H3. The van der Waals surface area contributed by atoms with Crippen LogP contribution in [0, 0.1) is 6.92 Å². The van der Waals surface area contributed by atoms with Gasteiger partial charge in [0.05, 0.1) is 32.5 Å². The molecule has 5 heteroatoms. The third-order valence-electron chi connectivity index (χ3n) is 3.31. The van der Waals surface area contributed by atoms with Crippen molar-refractivity contribution in [3.05, 3.63) is 41.7 Å². The van der Waals surface area contributed by atoms with E-state index in [1.807, 2.05) is 49.1 Å². The summed E-state index contributed by atoms with van der Waals surface area (Å²) in [4.78, 5) is 0. The third-order valence-corrected chi connectivity index (χ3v) is 3.31. The average Bonchev–Trinajstić information content (AvgIpc) is 2.89. The van der Waals surface area contributed by atoms with Crippen molar-refractivity contribution in [1.82, 2.24) is 15.1 Å². The molecule has 20 heavy (non-hydrogen) atoms. The first-order chi connectivity index (χ1) is 9.67. The summed E-state index contributed by atoms with van der Waals surface area (Å²) in [7, 11) is 5.25. The monoisotopic (exact) mass is 275 g/mol. The Morgan fingerprint density at radius 2 is 2.05 bits per heavy atom. The molecule has 0 radical (unpaired) electrons. The number of rotatable bonds is 6. The summed E-state index contributed by atoms with van der Waals surface area (Å²) in [6.07, 6.45) is 1.98. The molecule has 0 amide bonds. The van der Waals surface area contributed by atoms with E-state index < -0.39 is 0 Å². The molecule has 2 rings (SSSR count). The van der Waals surface area contributed by atoms with Crippen molar-refractivity contribution in [2.24, 2.45) is 0 Å². The maximum atomic E-state index is 5.46. The molecule has 1 aromatic heterocycles. The maximum absolute atomic E-state index is 5.46. The van der Waals surface area contributed by atoms with Crippen molar-refractivity contribution in [2.45, 2.75) is 19.5 Å². The van der Waals surface area contributed by atoms with Gasteiger partial charge in [-0.15, -0.1) is 0 Å². The fourth-order valence-corrected chi connectivity index (χ4v) is 2.20. The van der Waals surface area contributed by atoms with Gasteiger partial charge in [-0.25, -0.2) is 0 Å². The molecule has 1 aromatic carbocycles. The van der Waals surface area contributed by atoms with Crippen molar-refractivity contribution in [1.29, 1.82) is 0 Å². The Kier molecular flexibility index (Phi) is 4.63. The molecule has 0 fully saturated rings. The molecule has 0 aliphatic heterocycles. The predicted octanol–water partition coefficient (Wildman–Crippen LogP) is 2.17. The normalized spacial score (nSPS) is 12.2. The van der Waals surface area contributed by atoms with E-state index in [1.54, 1.807) is 14.2 Å². The van der Waals surface area contributed by atoms with Crippen LogP contribution in [-0.2, 0) is 6.54 Å². The van der Waals surface area contributed by atoms with E-state index in [1.165, 1.54) is 0 Å². The molecule has 0 aliphatic carbocycles. The average molecular weight is 275 g/mol. The van der Waals surface area contributed by atoms with Crippen LogP contribution in [0.3, 0.4) is 0 Å². The molecule has 0 aliphatic rings. The molecular formula is C15H21N3O2. The fraction of sp³-hybridized carbons (Fsp3) is 0.400. The van der Waals surface area contributed by atoms with Crippen molar-refractivity contribution < 1.29 is 9.47 Å². The Morgan fingerprint density at radius 1 is 1.25 bits per heavy atom. The van der Waals surface area contributed by atoms with Crippen LogP contribution in [-0.4, -0.2) is 31.0 Å². The smallest absolute Gasteiger partial charge is 0.127 e. The highest BCUT2D eigenvalue weighted by Gasteiger charge is 2.16. The van der Waals surface area contributed by atoms with E-state index in [-0.39, 0.29) is 6.04 Å². The zero-order valence-corrected chi connectivity index (χ0v) is 12.4. The summed E-state index contributed by atoms with van der Waals surface area (Å²) in [5, 5.41) is 7.73. The van der Waals surface area contributed by atoms with Crippen LogP contribution in [0.5, 0.6) is 11.5 Å². The van der Waals surface area contributed by atoms with Crippen molar-refractivity contribution in [3.63, 3.8) is 0 Å². The Hall–Kier alpha value is -2.01. The van der Waals surface area contributed by atoms with E-state index in [4.69, 9.17) is 9.47 Å². The quantitative estimate of drug-likeness (QED) is 0.877. The van der Waals surface area contributed by atoms with Gasteiger partial charge in [0.1, 0.15) is 11.5 Å². The van der Waals surface area contributed by atoms with Crippen LogP contribution in [0.2, 0.25) is 0 Å². The number of hydrogen-bond donors (Lipinski definition) is 1. The number of ether oxygens (including phenoxy) is 2. The van der Waals surface area contributed by atoms with Gasteiger partial charge in [0.25, 0.3) is 0 Å². The molecule has 2 aromatic rings. The lowest BCUT2D eigenvalue weighted by Crippen LogP contribution is -2.23. The molecule has 0 bridgehead atoms. The number of methoxy groups -OCH3 is 2. The fourth-order valence-electron chi connectivity index (χ4n) is 2.20. The molecule has 5 nitrogen and oxygen atoms in total. The van der Waals surface area contributed by atoms with Crippen LogP contribution in [0.1, 0.15) is 17.3 Å². The van der Waals surface area contributed by atoms with E-state index in [0.717, 1.165) is 29.3 Å². The van der Waals surface area contributed by atoms with Crippen molar-refractivity contribution >= 4 is 0 Å². The molecule has 0 spiro atoms. The molecule has 1 atom stereocenters. The number of hydrogen-bond acceptors (Lipinski definition) is 4. The van der Waals surface area contributed by atoms with Gasteiger partial charge in [0, 0.05) is 17.8 Å². The second kappa shape index (κ2) is 6.43. The number of aromatic nitrogens is 2. The largest absolute Gasteiger partial charge is 0.497 e. The Morgan fingerprint density at radius 3 is 2.60 bits per heavy atom. The molecule has 1 heterocycles. The second-order valence-corrected chi connectivity index (χ2v) is 4.63. The van der Waals surface area contributed by atoms with Crippen LogP contribution < -0.4 is 14.8 Å². The summed E-state index contributed by atoms with van der Waals surface area (Å²) >= 11 is 0. The first kappa shape index (κ1) is 14.4. The van der Waals surface area contributed by atoms with Gasteiger partial charge in [0.2, 0.25) is 0 Å². The lowest BCUT2D eigenvalue weighted by atomic mass is 10.1. The number of benzene rings is 1. The highest BCUT2D eigenvalue weighted by molar-refractivity contribution is 5.42. The predicted molar refractivity (Wildman–Crippen MR) is 78.3 cm³/mol. The van der Waals surface area contributed by atoms with Crippen molar-refractivity contribution in [3.8, 4) is 11.5 Å². The Bertz CT molecular complexity index is 566. The van der Waals surface area contributed by atoms with Crippen LogP contribution >= 0.6 is 0 Å². The number of nitrogens with one attached hydrogen (secondary N) is 1. The minimum Gasteiger partial charge on any atom is -0.497 e. The summed E-state index contributed by atoms with van der Waals surface area (Å²) in [5.41, 5.74) is 2.10. The van der Waals surface area contributed by atoms with Gasteiger partial charge in [-0.3, -0.25) is 4.68 Å². The van der Waals surface area contributed by atoms with Gasteiger partial charge in [-0.1, -0.05) is 0 Å². The number of nitrogens with zero attached hydrogens (tertiary/aromatic N) is 2. The van der Waals surface area contributed by atoms with E-state index in [0.29, 0.717) is 0 Å². The van der Waals surface area contributed by atoms with Gasteiger partial charge in [0.15, 0.2) is 0 Å². The molecule has 1 unspecified atom stereocenters. The lowest BCUT2D eigenvalue weighted by Gasteiger charge is -2.20. The highest BCUT2D eigenvalue weighted by Crippen LogP contribution is 2.30. The van der Waals surface area contributed by atoms with Crippen LogP contribution in [0.4, 0.5) is 0 Å². The second-order valence-electron chi connectivity index (χ2n) is 4.63. The summed E-state index contributed by atoms with van der Waals surface area (Å²) < 4.78 is 12.6. The Labute approximate surface area is 119 Å². The molecule has 0 saturated carbocycles. The minimum atomic E-state index is 0.121. The molecule has 108 valence electrons. The number of aryl methyl sites for hydroxylation is 1. The topological polar surface area (TPSA) is 48.3 Å². The van der Waals surface area contributed by atoms with Crippen LogP contribution in [0.25, 0.3) is 0 Å². The van der Waals surface area contributed by atoms with Crippen molar-refractivity contribution in [2.75, 3.05) is 21.3 Å². The summed E-state index contributed by atoms with van der Waals surface area (Å²) in [6, 6.07) is 7.98. The van der Waals surface area contributed by atoms with E-state index >= 15 is 0 Å². The summed E-state index contributed by atoms with van der Waals surface area (Å²) in [6.45, 7) is 2.73. The number of likely N-dealkylation sites (N-methyl/N-ethyl adjacent to an activating group) is 1. The SMILES string of the molecule is CNC(Cn1ccc(C)n1)c1ccc(OC)cc1OC. The summed E-state index contributed by atoms with van der Waals surface area (Å²) in [5.74, 6) is 1.60. The highest BCUT2D eigenvalue weighted by atomic mass is 16.5. The Balaban J connectivity index is 2.26. The van der Waals surface area contributed by atoms with Crippen LogP contribution in [0.15, 0.2) is 30.5 Å². The third kappa shape index (κ3) is 3.11. The molecule has 1 N–H and O–H groups in total. The lowest BCUT2D eigenvalue weighted by molar-refractivity contribution is 0.378. The minimum absolute atomic E-state index is 0.121. The van der Waals surface area contributed by atoms with E-state index in [2.05, 4.69) is 10.4 Å². The first-order valence-electron chi connectivity index (χ1n) is 6.57. The van der Waals surface area contributed by atoms with Gasteiger partial charge in [-0.05, 0) is 32.2 Å².